The van der Waals surface area contributed by atoms with Crippen molar-refractivity contribution in [1.29, 1.82) is 5.26 Å². The molecule has 6 nitrogen and oxygen atoms in total. The molecule has 6 heteroatoms. The van der Waals surface area contributed by atoms with Crippen molar-refractivity contribution in [3.05, 3.63) is 0 Å². The standard InChI is InChI=1S/C10H13N3O3/c1-7(2)13-9(15)8(14)12(10(13)16)6-4-3-5-11/h7H,3-4,6H2,1-2H3. The molecular weight excluding hydrogens is 210 g/mol. The molecule has 0 radical (unpaired) electrons. The van der Waals surface area contributed by atoms with Gasteiger partial charge in [0.05, 0.1) is 6.07 Å². The maximum absolute atomic E-state index is 11.7. The Balaban J connectivity index is 2.74. The summed E-state index contributed by atoms with van der Waals surface area (Å²) in [5.74, 6) is -1.58. The average molecular weight is 223 g/mol. The molecule has 0 aromatic rings. The van der Waals surface area contributed by atoms with Crippen LogP contribution in [0.5, 0.6) is 0 Å². The fourth-order valence-corrected chi connectivity index (χ4v) is 1.49. The van der Waals surface area contributed by atoms with Crippen molar-refractivity contribution in [1.82, 2.24) is 9.80 Å². The van der Waals surface area contributed by atoms with Gasteiger partial charge in [-0.05, 0) is 20.3 Å². The Labute approximate surface area is 93.4 Å². The van der Waals surface area contributed by atoms with Crippen LogP contribution in [0.3, 0.4) is 0 Å². The Hall–Kier alpha value is -1.90. The highest BCUT2D eigenvalue weighted by molar-refractivity contribution is 6.44. The monoisotopic (exact) mass is 223 g/mol. The van der Waals surface area contributed by atoms with E-state index in [4.69, 9.17) is 5.26 Å². The van der Waals surface area contributed by atoms with Crippen LogP contribution in [0.25, 0.3) is 0 Å². The van der Waals surface area contributed by atoms with Gasteiger partial charge in [-0.2, -0.15) is 5.26 Å². The second-order valence-electron chi connectivity index (χ2n) is 3.77. The van der Waals surface area contributed by atoms with E-state index in [2.05, 4.69) is 0 Å². The molecule has 1 aliphatic rings. The summed E-state index contributed by atoms with van der Waals surface area (Å²) in [4.78, 5) is 36.4. The minimum atomic E-state index is -0.795. The van der Waals surface area contributed by atoms with Gasteiger partial charge in [0.1, 0.15) is 0 Å². The van der Waals surface area contributed by atoms with E-state index >= 15 is 0 Å². The SMILES string of the molecule is CC(C)N1C(=O)C(=O)N(CCCC#N)C1=O. The molecule has 0 spiro atoms. The fourth-order valence-electron chi connectivity index (χ4n) is 1.49. The molecule has 0 aliphatic carbocycles. The first-order valence-corrected chi connectivity index (χ1v) is 5.06. The maximum atomic E-state index is 11.7. The molecular formula is C10H13N3O3. The average Bonchev–Trinajstić information content (AvgIpc) is 2.42. The number of rotatable bonds is 4. The van der Waals surface area contributed by atoms with E-state index in [1.807, 2.05) is 6.07 Å². The van der Waals surface area contributed by atoms with Crippen molar-refractivity contribution >= 4 is 17.8 Å². The first kappa shape index (κ1) is 12.2. The predicted molar refractivity (Wildman–Crippen MR) is 53.9 cm³/mol. The molecule has 1 heterocycles. The molecule has 0 N–H and O–H groups in total. The Morgan fingerprint density at radius 3 is 2.31 bits per heavy atom. The van der Waals surface area contributed by atoms with Crippen LogP contribution < -0.4 is 0 Å². The van der Waals surface area contributed by atoms with Crippen molar-refractivity contribution in [2.45, 2.75) is 32.7 Å². The Morgan fingerprint density at radius 1 is 1.25 bits per heavy atom. The van der Waals surface area contributed by atoms with Crippen LogP contribution >= 0.6 is 0 Å². The number of amides is 4. The van der Waals surface area contributed by atoms with Gasteiger partial charge in [-0.25, -0.2) is 4.79 Å². The molecule has 0 bridgehead atoms. The van der Waals surface area contributed by atoms with Gasteiger partial charge in [-0.3, -0.25) is 19.4 Å². The Kier molecular flexibility index (Phi) is 3.61. The van der Waals surface area contributed by atoms with E-state index in [0.717, 1.165) is 9.80 Å². The Morgan fingerprint density at radius 2 is 1.88 bits per heavy atom. The molecule has 0 aromatic heterocycles. The van der Waals surface area contributed by atoms with E-state index < -0.39 is 17.8 Å². The predicted octanol–water partition coefficient (Wildman–Crippen LogP) is 0.489. The summed E-state index contributed by atoms with van der Waals surface area (Å²) in [6.07, 6.45) is 0.653. The lowest BCUT2D eigenvalue weighted by atomic mass is 10.3. The summed E-state index contributed by atoms with van der Waals surface area (Å²) in [5, 5.41) is 8.35. The smallest absolute Gasteiger partial charge is 0.263 e. The largest absolute Gasteiger partial charge is 0.334 e. The topological polar surface area (TPSA) is 81.5 Å². The molecule has 4 amide bonds. The summed E-state index contributed by atoms with van der Waals surface area (Å²) in [5.41, 5.74) is 0. The lowest BCUT2D eigenvalue weighted by Gasteiger charge is -2.17. The van der Waals surface area contributed by atoms with Gasteiger partial charge in [0, 0.05) is 19.0 Å². The zero-order valence-electron chi connectivity index (χ0n) is 9.27. The van der Waals surface area contributed by atoms with Crippen LogP contribution in [0.4, 0.5) is 4.79 Å². The van der Waals surface area contributed by atoms with Gasteiger partial charge in [-0.15, -0.1) is 0 Å². The normalized spacial score (nSPS) is 16.2. The van der Waals surface area contributed by atoms with Crippen molar-refractivity contribution in [3.8, 4) is 6.07 Å². The third kappa shape index (κ3) is 2.03. The highest BCUT2D eigenvalue weighted by Gasteiger charge is 2.45. The summed E-state index contributed by atoms with van der Waals surface area (Å²) < 4.78 is 0. The van der Waals surface area contributed by atoms with Gasteiger partial charge in [0.2, 0.25) is 0 Å². The first-order valence-electron chi connectivity index (χ1n) is 5.06. The quantitative estimate of drug-likeness (QED) is 0.394. The molecule has 1 rings (SSSR count). The van der Waals surface area contributed by atoms with Gasteiger partial charge < -0.3 is 0 Å². The number of imide groups is 2. The van der Waals surface area contributed by atoms with Crippen LogP contribution in [-0.4, -0.2) is 40.2 Å². The molecule has 1 fully saturated rings. The minimum Gasteiger partial charge on any atom is -0.263 e. The van der Waals surface area contributed by atoms with Crippen LogP contribution in [0, 0.1) is 11.3 Å². The summed E-state index contributed by atoms with van der Waals surface area (Å²) in [6.45, 7) is 3.46. The molecule has 86 valence electrons. The van der Waals surface area contributed by atoms with E-state index in [9.17, 15) is 14.4 Å². The number of carbonyl (C=O) groups is 3. The van der Waals surface area contributed by atoms with Crippen LogP contribution in [-0.2, 0) is 9.59 Å². The number of nitrogens with zero attached hydrogens (tertiary/aromatic N) is 3. The van der Waals surface area contributed by atoms with Crippen molar-refractivity contribution in [2.24, 2.45) is 0 Å². The summed E-state index contributed by atoms with van der Waals surface area (Å²) in [7, 11) is 0. The first-order chi connectivity index (χ1) is 7.50. The van der Waals surface area contributed by atoms with Crippen LogP contribution in [0.1, 0.15) is 26.7 Å². The third-order valence-corrected chi connectivity index (χ3v) is 2.27. The second-order valence-corrected chi connectivity index (χ2v) is 3.77. The number of hydrogen-bond donors (Lipinski definition) is 0. The van der Waals surface area contributed by atoms with E-state index in [0.29, 0.717) is 6.42 Å². The molecule has 1 saturated heterocycles. The van der Waals surface area contributed by atoms with Gasteiger partial charge in [-0.1, -0.05) is 0 Å². The van der Waals surface area contributed by atoms with E-state index in [-0.39, 0.29) is 19.0 Å². The molecule has 0 saturated carbocycles. The lowest BCUT2D eigenvalue weighted by Crippen LogP contribution is -2.38. The maximum Gasteiger partial charge on any atom is 0.334 e. The molecule has 16 heavy (non-hydrogen) atoms. The van der Waals surface area contributed by atoms with Crippen molar-refractivity contribution < 1.29 is 14.4 Å². The fraction of sp³-hybridized carbons (Fsp3) is 0.600. The van der Waals surface area contributed by atoms with Crippen molar-refractivity contribution in [3.63, 3.8) is 0 Å². The van der Waals surface area contributed by atoms with Crippen molar-refractivity contribution in [2.75, 3.05) is 6.54 Å². The minimum absolute atomic E-state index is 0.125. The molecule has 0 atom stereocenters. The lowest BCUT2D eigenvalue weighted by molar-refractivity contribution is -0.143. The van der Waals surface area contributed by atoms with Crippen LogP contribution in [0.2, 0.25) is 0 Å². The molecule has 0 aromatic carbocycles. The number of carbonyl (C=O) groups excluding carboxylic acids is 3. The molecule has 0 unspecified atom stereocenters. The van der Waals surface area contributed by atoms with Gasteiger partial charge in [0.25, 0.3) is 0 Å². The summed E-state index contributed by atoms with van der Waals surface area (Å²) >= 11 is 0. The zero-order chi connectivity index (χ0) is 12.3. The van der Waals surface area contributed by atoms with Crippen LogP contribution in [0.15, 0.2) is 0 Å². The van der Waals surface area contributed by atoms with E-state index in [1.165, 1.54) is 0 Å². The van der Waals surface area contributed by atoms with Gasteiger partial charge in [0.15, 0.2) is 0 Å². The van der Waals surface area contributed by atoms with E-state index in [1.54, 1.807) is 13.8 Å². The number of nitriles is 1. The molecule has 1 aliphatic heterocycles. The third-order valence-electron chi connectivity index (χ3n) is 2.27. The second kappa shape index (κ2) is 4.75. The van der Waals surface area contributed by atoms with Gasteiger partial charge >= 0.3 is 17.8 Å². The number of hydrogen-bond acceptors (Lipinski definition) is 4. The highest BCUT2D eigenvalue weighted by atomic mass is 16.2. The number of unbranched alkanes of at least 4 members (excludes halogenated alkanes) is 1. The Bertz CT molecular complexity index is 370. The highest BCUT2D eigenvalue weighted by Crippen LogP contribution is 2.15. The summed E-state index contributed by atoms with van der Waals surface area (Å²) in [6, 6.07) is 1.01. The zero-order valence-corrected chi connectivity index (χ0v) is 9.27. The number of urea groups is 1.